The van der Waals surface area contributed by atoms with E-state index in [1.165, 1.54) is 6.42 Å². The zero-order valence-corrected chi connectivity index (χ0v) is 11.2. The Balaban J connectivity index is 2.29. The van der Waals surface area contributed by atoms with Gasteiger partial charge in [-0.1, -0.05) is 27.7 Å². The van der Waals surface area contributed by atoms with E-state index >= 15 is 0 Å². The lowest BCUT2D eigenvalue weighted by molar-refractivity contribution is 0.272. The molecule has 0 saturated carbocycles. The fraction of sp³-hybridized carbons (Fsp3) is 0.769. The van der Waals surface area contributed by atoms with Crippen LogP contribution in [0.25, 0.3) is 0 Å². The first-order chi connectivity index (χ1) is 7.39. The Morgan fingerprint density at radius 3 is 2.62 bits per heavy atom. The third kappa shape index (κ3) is 4.79. The van der Waals surface area contributed by atoms with Gasteiger partial charge < -0.3 is 5.32 Å². The summed E-state index contributed by atoms with van der Waals surface area (Å²) in [5.74, 6) is 0.756. The number of nitrogens with one attached hydrogen (secondary N) is 1. The highest BCUT2D eigenvalue weighted by atomic mass is 15.3. The molecule has 0 saturated heterocycles. The van der Waals surface area contributed by atoms with Crippen molar-refractivity contribution < 1.29 is 0 Å². The van der Waals surface area contributed by atoms with Gasteiger partial charge in [0, 0.05) is 26.3 Å². The van der Waals surface area contributed by atoms with Crippen molar-refractivity contribution in [1.82, 2.24) is 15.1 Å². The zero-order valence-electron chi connectivity index (χ0n) is 11.2. The first-order valence-corrected chi connectivity index (χ1v) is 6.08. The van der Waals surface area contributed by atoms with E-state index in [-0.39, 0.29) is 0 Å². The maximum atomic E-state index is 4.35. The first-order valence-electron chi connectivity index (χ1n) is 6.08. The quantitative estimate of drug-likeness (QED) is 0.803. The summed E-state index contributed by atoms with van der Waals surface area (Å²) in [6.07, 6.45) is 3.23. The van der Waals surface area contributed by atoms with Gasteiger partial charge in [0.15, 0.2) is 0 Å². The predicted molar refractivity (Wildman–Crippen MR) is 68.2 cm³/mol. The zero-order chi connectivity index (χ0) is 12.2. The van der Waals surface area contributed by atoms with E-state index in [1.807, 2.05) is 17.9 Å². The molecule has 0 spiro atoms. The molecule has 3 heteroatoms. The molecule has 1 rings (SSSR count). The molecular weight excluding hydrogens is 198 g/mol. The molecule has 0 radical (unpaired) electrons. The van der Waals surface area contributed by atoms with Crippen molar-refractivity contribution in [3.05, 3.63) is 18.0 Å². The van der Waals surface area contributed by atoms with Gasteiger partial charge in [-0.05, 0) is 23.8 Å². The minimum absolute atomic E-state index is 0.364. The Kier molecular flexibility index (Phi) is 4.54. The third-order valence-electron chi connectivity index (χ3n) is 2.64. The van der Waals surface area contributed by atoms with Crippen molar-refractivity contribution in [2.24, 2.45) is 18.4 Å². The van der Waals surface area contributed by atoms with Gasteiger partial charge in [0.2, 0.25) is 0 Å². The SMILES string of the molecule is CC(C)CC(C)(C)CNCc1ccn(C)n1. The van der Waals surface area contributed by atoms with Crippen LogP contribution in [0.2, 0.25) is 0 Å². The average Bonchev–Trinajstić information content (AvgIpc) is 2.48. The van der Waals surface area contributed by atoms with Crippen LogP contribution in [0.15, 0.2) is 12.3 Å². The van der Waals surface area contributed by atoms with E-state index in [2.05, 4.69) is 44.2 Å². The molecule has 16 heavy (non-hydrogen) atoms. The average molecular weight is 223 g/mol. The molecule has 1 aromatic heterocycles. The summed E-state index contributed by atoms with van der Waals surface area (Å²) in [6.45, 7) is 11.1. The number of hydrogen-bond acceptors (Lipinski definition) is 2. The lowest BCUT2D eigenvalue weighted by atomic mass is 9.84. The number of aryl methyl sites for hydroxylation is 1. The van der Waals surface area contributed by atoms with Crippen molar-refractivity contribution in [3.8, 4) is 0 Å². The maximum Gasteiger partial charge on any atom is 0.0762 e. The molecule has 0 aliphatic heterocycles. The fourth-order valence-corrected chi connectivity index (χ4v) is 2.26. The molecule has 0 bridgehead atoms. The summed E-state index contributed by atoms with van der Waals surface area (Å²) in [7, 11) is 1.95. The largest absolute Gasteiger partial charge is 0.311 e. The van der Waals surface area contributed by atoms with Crippen LogP contribution in [0.1, 0.15) is 39.8 Å². The van der Waals surface area contributed by atoms with Crippen LogP contribution in [0.4, 0.5) is 0 Å². The molecule has 0 aliphatic carbocycles. The van der Waals surface area contributed by atoms with Gasteiger partial charge in [-0.3, -0.25) is 4.68 Å². The number of rotatable bonds is 6. The van der Waals surface area contributed by atoms with Crippen LogP contribution in [0.5, 0.6) is 0 Å². The van der Waals surface area contributed by atoms with Crippen molar-refractivity contribution >= 4 is 0 Å². The lowest BCUT2D eigenvalue weighted by Gasteiger charge is -2.26. The van der Waals surface area contributed by atoms with Crippen LogP contribution in [-0.2, 0) is 13.6 Å². The highest BCUT2D eigenvalue weighted by Crippen LogP contribution is 2.24. The van der Waals surface area contributed by atoms with E-state index in [0.29, 0.717) is 5.41 Å². The van der Waals surface area contributed by atoms with E-state index in [9.17, 15) is 0 Å². The third-order valence-corrected chi connectivity index (χ3v) is 2.64. The Morgan fingerprint density at radius 2 is 2.12 bits per heavy atom. The Morgan fingerprint density at radius 1 is 1.44 bits per heavy atom. The summed E-state index contributed by atoms with van der Waals surface area (Å²) >= 11 is 0. The van der Waals surface area contributed by atoms with Gasteiger partial charge in [-0.2, -0.15) is 5.10 Å². The molecule has 92 valence electrons. The molecular formula is C13H25N3. The maximum absolute atomic E-state index is 4.35. The summed E-state index contributed by atoms with van der Waals surface area (Å²) in [6, 6.07) is 2.06. The molecule has 0 aromatic carbocycles. The second-order valence-corrected chi connectivity index (χ2v) is 5.85. The molecule has 0 atom stereocenters. The molecule has 0 fully saturated rings. The standard InChI is InChI=1S/C13H25N3/c1-11(2)8-13(3,4)10-14-9-12-6-7-16(5)15-12/h6-7,11,14H,8-10H2,1-5H3. The second-order valence-electron chi connectivity index (χ2n) is 5.85. The number of hydrogen-bond donors (Lipinski definition) is 1. The van der Waals surface area contributed by atoms with Crippen molar-refractivity contribution in [2.45, 2.75) is 40.7 Å². The molecule has 1 heterocycles. The highest BCUT2D eigenvalue weighted by molar-refractivity contribution is 4.98. The van der Waals surface area contributed by atoms with Crippen molar-refractivity contribution in [2.75, 3.05) is 6.54 Å². The van der Waals surface area contributed by atoms with E-state index in [1.54, 1.807) is 0 Å². The van der Waals surface area contributed by atoms with Crippen LogP contribution in [0.3, 0.4) is 0 Å². The topological polar surface area (TPSA) is 29.9 Å². The van der Waals surface area contributed by atoms with E-state index < -0.39 is 0 Å². The number of aromatic nitrogens is 2. The van der Waals surface area contributed by atoms with Gasteiger partial charge in [0.25, 0.3) is 0 Å². The molecule has 0 aliphatic rings. The monoisotopic (exact) mass is 223 g/mol. The highest BCUT2D eigenvalue weighted by Gasteiger charge is 2.18. The Labute approximate surface area is 99.2 Å². The van der Waals surface area contributed by atoms with Crippen LogP contribution < -0.4 is 5.32 Å². The van der Waals surface area contributed by atoms with Gasteiger partial charge in [-0.15, -0.1) is 0 Å². The van der Waals surface area contributed by atoms with Crippen molar-refractivity contribution in [3.63, 3.8) is 0 Å². The predicted octanol–water partition coefficient (Wildman–Crippen LogP) is 2.58. The van der Waals surface area contributed by atoms with Crippen molar-refractivity contribution in [1.29, 1.82) is 0 Å². The molecule has 0 amide bonds. The van der Waals surface area contributed by atoms with Gasteiger partial charge >= 0.3 is 0 Å². The van der Waals surface area contributed by atoms with Crippen LogP contribution >= 0.6 is 0 Å². The molecule has 0 unspecified atom stereocenters. The van der Waals surface area contributed by atoms with Crippen LogP contribution in [0, 0.1) is 11.3 Å². The Hall–Kier alpha value is -0.830. The molecule has 3 nitrogen and oxygen atoms in total. The van der Waals surface area contributed by atoms with E-state index in [0.717, 1.165) is 24.7 Å². The lowest BCUT2D eigenvalue weighted by Crippen LogP contribution is -2.30. The normalized spacial score (nSPS) is 12.4. The van der Waals surface area contributed by atoms with E-state index in [4.69, 9.17) is 0 Å². The molecule has 1 aromatic rings. The fourth-order valence-electron chi connectivity index (χ4n) is 2.26. The summed E-state index contributed by atoms with van der Waals surface area (Å²) < 4.78 is 1.84. The van der Waals surface area contributed by atoms with Crippen LogP contribution in [-0.4, -0.2) is 16.3 Å². The summed E-state index contributed by atoms with van der Waals surface area (Å²) in [4.78, 5) is 0. The smallest absolute Gasteiger partial charge is 0.0762 e. The van der Waals surface area contributed by atoms with Gasteiger partial charge in [0.05, 0.1) is 5.69 Å². The second kappa shape index (κ2) is 5.48. The summed E-state index contributed by atoms with van der Waals surface area (Å²) in [5.41, 5.74) is 1.48. The molecule has 1 N–H and O–H groups in total. The van der Waals surface area contributed by atoms with Gasteiger partial charge in [0.1, 0.15) is 0 Å². The minimum atomic E-state index is 0.364. The number of nitrogens with zero attached hydrogens (tertiary/aromatic N) is 2. The first kappa shape index (κ1) is 13.2. The Bertz CT molecular complexity index is 313. The van der Waals surface area contributed by atoms with Gasteiger partial charge in [-0.25, -0.2) is 0 Å². The summed E-state index contributed by atoms with van der Waals surface area (Å²) in [5, 5.41) is 7.83. The minimum Gasteiger partial charge on any atom is -0.311 e.